The van der Waals surface area contributed by atoms with Crippen LogP contribution in [0.15, 0.2) is 205 Å². The summed E-state index contributed by atoms with van der Waals surface area (Å²) in [5.74, 6) is 1.09. The van der Waals surface area contributed by atoms with E-state index in [0.717, 1.165) is 86.4 Å². The molecule has 6 N–H and O–H groups in total. The zero-order chi connectivity index (χ0) is 77.5. The normalized spacial score (nSPS) is 21.4. The Morgan fingerprint density at radius 2 is 1.28 bits per heavy atom. The average Bonchev–Trinajstić information content (AvgIpc) is 1.59. The number of phenolic OH excluding ortho intramolecular Hbond substituents is 1. The highest BCUT2D eigenvalue weighted by atomic mass is 16.7. The maximum absolute atomic E-state index is 13.1. The maximum Gasteiger partial charge on any atom is 0.333 e. The van der Waals surface area contributed by atoms with E-state index in [-0.39, 0.29) is 68.7 Å². The Bertz CT molecular complexity index is 4470. The molecule has 0 aromatic heterocycles. The SMILES string of the molecule is C=C(C)C(=C)OCCNC(=O)NCCC[N+]1=C(/C=C/C2=C(Oc3ccc(C4OC(CC(O)CC(CC)OC(C)=O)CC(CC5CC(C)OC(c6ccc(O)cc6)O5)O4)cc3)C(=C/C=C3/N(CCCNC(=O)NCCOC(=O)C(=C)C)c4ccc5ccccc5c4C3(C)C)/CCC2)C(C)(C)c2c1ccc1ccccc21. The van der Waals surface area contributed by atoms with Crippen LogP contribution in [0.2, 0.25) is 0 Å². The van der Waals surface area contributed by atoms with Crippen LogP contribution < -0.4 is 30.9 Å². The quantitative estimate of drug-likeness (QED) is 0.00575. The van der Waals surface area contributed by atoms with E-state index in [1.54, 1.807) is 31.2 Å². The number of aliphatic hydroxyl groups is 1. The van der Waals surface area contributed by atoms with Crippen LogP contribution in [-0.4, -0.2) is 134 Å². The third kappa shape index (κ3) is 20.2. The Kier molecular flexibility index (Phi) is 26.9. The average molecular weight is 1490 g/mol. The molecule has 0 bridgehead atoms. The predicted molar refractivity (Wildman–Crippen MR) is 426 cm³/mol. The van der Waals surface area contributed by atoms with Crippen molar-refractivity contribution in [1.82, 2.24) is 21.3 Å². The minimum atomic E-state index is -0.822. The number of anilines is 1. The van der Waals surface area contributed by atoms with Gasteiger partial charge in [-0.15, -0.1) is 0 Å². The first-order valence-corrected chi connectivity index (χ1v) is 38.5. The number of allylic oxidation sites excluding steroid dienone is 8. The Balaban J connectivity index is 0.927. The summed E-state index contributed by atoms with van der Waals surface area (Å²) in [6.07, 6.45) is 11.5. The summed E-state index contributed by atoms with van der Waals surface area (Å²) < 4.78 is 52.8. The predicted octanol–water partition coefficient (Wildman–Crippen LogP) is 16.3. The summed E-state index contributed by atoms with van der Waals surface area (Å²) in [6, 6.07) is 40.0. The third-order valence-electron chi connectivity index (χ3n) is 21.0. The van der Waals surface area contributed by atoms with Crippen molar-refractivity contribution >= 4 is 62.6 Å². The number of amides is 4. The molecule has 6 aromatic carbocycles. The molecule has 11 rings (SSSR count). The van der Waals surface area contributed by atoms with Crippen LogP contribution >= 0.6 is 0 Å². The lowest BCUT2D eigenvalue weighted by Gasteiger charge is -2.40. The van der Waals surface area contributed by atoms with Crippen molar-refractivity contribution < 1.29 is 71.9 Å². The van der Waals surface area contributed by atoms with Crippen LogP contribution in [0.5, 0.6) is 11.5 Å². The lowest BCUT2D eigenvalue weighted by Crippen LogP contribution is -2.40. The van der Waals surface area contributed by atoms with Gasteiger partial charge in [-0.2, -0.15) is 4.58 Å². The number of aliphatic hydroxyl groups excluding tert-OH is 1. The van der Waals surface area contributed by atoms with Crippen LogP contribution in [0.25, 0.3) is 21.5 Å². The Morgan fingerprint density at radius 3 is 1.94 bits per heavy atom. The molecule has 20 nitrogen and oxygen atoms in total. The number of carbonyl (C=O) groups excluding carboxylic acids is 4. The molecule has 1 aliphatic carbocycles. The molecule has 2 fully saturated rings. The van der Waals surface area contributed by atoms with Crippen LogP contribution in [0, 0.1) is 0 Å². The van der Waals surface area contributed by atoms with Crippen molar-refractivity contribution in [3.63, 3.8) is 0 Å². The number of phenols is 1. The number of hydrogen-bond donors (Lipinski definition) is 6. The van der Waals surface area contributed by atoms with Crippen molar-refractivity contribution in [3.05, 3.63) is 227 Å². The minimum Gasteiger partial charge on any atom is -0.508 e. The standard InChI is InChI=1S/C89H108N6O14/c1-13-69(105-60(8)96)52-68(98)53-72-55-73(54-71-51-58(6)104-84(107-71)65-27-35-67(97)36-28-65)109-85(108-72)66-29-37-70(38-30-66)106-82-63(33-41-78-88(9,10)80-74-25-16-14-21-61(74)31-39-76(80)94(78)47-19-43-90-86(100)92-45-49-102-59(7)56(2)3)23-18-24-64(82)34-42-79-89(11,12)81-75-26-17-15-22-62(75)32-40-77(81)95(79)48-20-44-91-87(101)93-46-50-103-83(99)57(4)5/h14-17,21-22,25-42,58,68-69,71-73,84-85,98H,2,4,7,13,18-20,23-24,43-55H2,1,3,5-6,8-12H3,(H4-,90,91,92,93,97,100,101)/p+1. The topological polar surface area (TPSA) is 237 Å². The summed E-state index contributed by atoms with van der Waals surface area (Å²) in [5, 5.41) is 38.1. The molecule has 6 aromatic rings. The number of aromatic hydroxyl groups is 1. The van der Waals surface area contributed by atoms with Crippen molar-refractivity contribution in [2.45, 2.75) is 193 Å². The molecule has 4 heterocycles. The molecular formula is C89H109N6O14+. The van der Waals surface area contributed by atoms with Crippen molar-refractivity contribution in [2.24, 2.45) is 0 Å². The fraction of sp³-hybridized carbons (Fsp3) is 0.427. The summed E-state index contributed by atoms with van der Waals surface area (Å²) in [5.41, 5.74) is 10.6. The number of carbonyl (C=O) groups is 4. The fourth-order valence-corrected chi connectivity index (χ4v) is 15.6. The number of benzene rings is 6. The van der Waals surface area contributed by atoms with Crippen molar-refractivity contribution in [2.75, 3.05) is 57.4 Å². The van der Waals surface area contributed by atoms with Gasteiger partial charge >= 0.3 is 24.0 Å². The number of rotatable bonds is 32. The van der Waals surface area contributed by atoms with Crippen LogP contribution in [0.3, 0.4) is 0 Å². The number of nitrogens with zero attached hydrogens (tertiary/aromatic N) is 2. The van der Waals surface area contributed by atoms with Gasteiger partial charge in [0.1, 0.15) is 42.3 Å². The smallest absolute Gasteiger partial charge is 0.333 e. The van der Waals surface area contributed by atoms with E-state index in [1.807, 2.05) is 45.0 Å². The number of hydrogen-bond acceptors (Lipinski definition) is 15. The van der Waals surface area contributed by atoms with Gasteiger partial charge in [-0.1, -0.05) is 125 Å². The van der Waals surface area contributed by atoms with Gasteiger partial charge in [-0.3, -0.25) is 4.79 Å². The lowest BCUT2D eigenvalue weighted by molar-refractivity contribution is -0.437. The van der Waals surface area contributed by atoms with Gasteiger partial charge in [-0.25, -0.2) is 14.4 Å². The number of esters is 2. The van der Waals surface area contributed by atoms with E-state index >= 15 is 0 Å². The van der Waals surface area contributed by atoms with E-state index in [0.29, 0.717) is 88.3 Å². The third-order valence-corrected chi connectivity index (χ3v) is 21.0. The number of urea groups is 2. The largest absolute Gasteiger partial charge is 0.508 e. The van der Waals surface area contributed by atoms with Gasteiger partial charge in [0.15, 0.2) is 24.8 Å². The minimum absolute atomic E-state index is 0.0303. The second kappa shape index (κ2) is 36.6. The zero-order valence-corrected chi connectivity index (χ0v) is 64.7. The number of nitrogens with one attached hydrogen (secondary N) is 4. The summed E-state index contributed by atoms with van der Waals surface area (Å²) in [4.78, 5) is 52.5. The van der Waals surface area contributed by atoms with E-state index < -0.39 is 53.7 Å². The molecule has 8 atom stereocenters. The molecule has 0 spiro atoms. The molecule has 4 aliphatic heterocycles. The molecule has 0 radical (unpaired) electrons. The Hall–Kier alpha value is -9.83. The molecule has 4 amide bonds. The fourth-order valence-electron chi connectivity index (χ4n) is 15.6. The number of ether oxygens (including phenoxy) is 8. The van der Waals surface area contributed by atoms with Gasteiger partial charge in [0.05, 0.1) is 49.0 Å². The first kappa shape index (κ1) is 80.2. The lowest BCUT2D eigenvalue weighted by atomic mass is 9.78. The zero-order valence-electron chi connectivity index (χ0n) is 64.7. The van der Waals surface area contributed by atoms with Crippen LogP contribution in [0.4, 0.5) is 21.0 Å². The van der Waals surface area contributed by atoms with Gasteiger partial charge < -0.3 is 74.3 Å². The Labute approximate surface area is 641 Å². The summed E-state index contributed by atoms with van der Waals surface area (Å²) in [7, 11) is 0. The second-order valence-electron chi connectivity index (χ2n) is 30.2. The molecule has 20 heteroatoms. The summed E-state index contributed by atoms with van der Waals surface area (Å²) in [6.45, 7) is 32.1. The molecule has 8 unspecified atom stereocenters. The van der Waals surface area contributed by atoms with E-state index in [4.69, 9.17) is 37.9 Å². The van der Waals surface area contributed by atoms with Gasteiger partial charge in [0.2, 0.25) is 5.69 Å². The van der Waals surface area contributed by atoms with E-state index in [2.05, 4.69) is 175 Å². The van der Waals surface area contributed by atoms with Crippen LogP contribution in [-0.2, 0) is 53.6 Å². The first-order valence-electron chi connectivity index (χ1n) is 38.5. The van der Waals surface area contributed by atoms with Crippen molar-refractivity contribution in [1.29, 1.82) is 0 Å². The molecule has 109 heavy (non-hydrogen) atoms. The number of fused-ring (bicyclic) bond motifs is 6. The molecule has 0 saturated carbocycles. The highest BCUT2D eigenvalue weighted by molar-refractivity contribution is 6.08. The molecule has 5 aliphatic rings. The van der Waals surface area contributed by atoms with E-state index in [1.165, 1.54) is 28.8 Å². The molecule has 578 valence electrons. The van der Waals surface area contributed by atoms with Gasteiger partial charge in [-0.05, 0) is 172 Å². The van der Waals surface area contributed by atoms with E-state index in [9.17, 15) is 29.4 Å². The van der Waals surface area contributed by atoms with Gasteiger partial charge in [0, 0.05) is 103 Å². The Morgan fingerprint density at radius 1 is 0.670 bits per heavy atom. The highest BCUT2D eigenvalue weighted by Gasteiger charge is 2.46. The van der Waals surface area contributed by atoms with Gasteiger partial charge in [0.25, 0.3) is 0 Å². The van der Waals surface area contributed by atoms with Crippen LogP contribution in [0.1, 0.15) is 168 Å². The monoisotopic (exact) mass is 1490 g/mol. The van der Waals surface area contributed by atoms with Crippen molar-refractivity contribution in [3.8, 4) is 11.5 Å². The maximum atomic E-state index is 13.1. The summed E-state index contributed by atoms with van der Waals surface area (Å²) >= 11 is 0. The highest BCUT2D eigenvalue weighted by Crippen LogP contribution is 2.52. The second-order valence-corrected chi connectivity index (χ2v) is 30.2. The molecule has 2 saturated heterocycles. The molecular weight excluding hydrogens is 1380 g/mol. The first-order chi connectivity index (χ1) is 52.3.